The number of hydrogen-bond acceptors (Lipinski definition) is 3. The lowest BCUT2D eigenvalue weighted by molar-refractivity contribution is 0.0160. The Morgan fingerprint density at radius 2 is 2.26 bits per heavy atom. The van der Waals surface area contributed by atoms with Crippen LogP contribution in [-0.2, 0) is 4.74 Å². The van der Waals surface area contributed by atoms with Crippen LogP contribution in [0.15, 0.2) is 41.1 Å². The summed E-state index contributed by atoms with van der Waals surface area (Å²) < 4.78 is 8.08. The van der Waals surface area contributed by atoms with Gasteiger partial charge in [0.05, 0.1) is 22.5 Å². The van der Waals surface area contributed by atoms with Crippen molar-refractivity contribution < 1.29 is 9.53 Å². The van der Waals surface area contributed by atoms with Crippen molar-refractivity contribution in [2.45, 2.75) is 31.9 Å². The summed E-state index contributed by atoms with van der Waals surface area (Å²) in [4.78, 5) is 14.8. The molecular formula is C17H20BrN3O2. The van der Waals surface area contributed by atoms with Crippen LogP contribution in [0, 0.1) is 0 Å². The molecule has 2 heterocycles. The van der Waals surface area contributed by atoms with Crippen LogP contribution in [0.4, 0.5) is 0 Å². The minimum absolute atomic E-state index is 0.0696. The first-order chi connectivity index (χ1) is 11.1. The molecule has 1 aromatic carbocycles. The van der Waals surface area contributed by atoms with E-state index in [0.717, 1.165) is 29.5 Å². The molecule has 0 radical (unpaired) electrons. The van der Waals surface area contributed by atoms with Gasteiger partial charge in [0, 0.05) is 31.5 Å². The average Bonchev–Trinajstić information content (AvgIpc) is 3.01. The fourth-order valence-electron chi connectivity index (χ4n) is 3.03. The molecule has 1 aliphatic rings. The normalized spacial score (nSPS) is 21.4. The standard InChI is InChI=1S/C17H20BrN3O2/c1-12-8-16(23-2)6-7-20(12)17(22)13-4-3-5-15(9-13)21-11-14(18)10-19-21/h3-5,9-12,16H,6-8H2,1-2H3/t12-,16+/m0/s1. The van der Waals surface area contributed by atoms with Gasteiger partial charge in [-0.05, 0) is 53.9 Å². The summed E-state index contributed by atoms with van der Waals surface area (Å²) in [7, 11) is 1.74. The third-order valence-electron chi connectivity index (χ3n) is 4.33. The number of piperidine rings is 1. The summed E-state index contributed by atoms with van der Waals surface area (Å²) in [6, 6.07) is 7.77. The van der Waals surface area contributed by atoms with Crippen LogP contribution < -0.4 is 0 Å². The van der Waals surface area contributed by atoms with Crippen LogP contribution in [0.2, 0.25) is 0 Å². The number of ether oxygens (including phenoxy) is 1. The first kappa shape index (κ1) is 16.2. The number of amides is 1. The zero-order chi connectivity index (χ0) is 16.4. The lowest BCUT2D eigenvalue weighted by Gasteiger charge is -2.37. The number of carbonyl (C=O) groups is 1. The molecule has 0 bridgehead atoms. The molecular weight excluding hydrogens is 358 g/mol. The molecule has 0 spiro atoms. The lowest BCUT2D eigenvalue weighted by atomic mass is 9.99. The molecule has 2 aromatic rings. The van der Waals surface area contributed by atoms with Crippen molar-refractivity contribution in [2.75, 3.05) is 13.7 Å². The highest BCUT2D eigenvalue weighted by atomic mass is 79.9. The van der Waals surface area contributed by atoms with Gasteiger partial charge in [0.1, 0.15) is 0 Å². The largest absolute Gasteiger partial charge is 0.381 e. The quantitative estimate of drug-likeness (QED) is 0.824. The van der Waals surface area contributed by atoms with Crippen LogP contribution in [0.1, 0.15) is 30.1 Å². The average molecular weight is 378 g/mol. The second kappa shape index (κ2) is 6.84. The van der Waals surface area contributed by atoms with E-state index in [2.05, 4.69) is 28.0 Å². The number of rotatable bonds is 3. The van der Waals surface area contributed by atoms with Gasteiger partial charge in [-0.15, -0.1) is 0 Å². The van der Waals surface area contributed by atoms with Gasteiger partial charge in [0.15, 0.2) is 0 Å². The fraction of sp³-hybridized carbons (Fsp3) is 0.412. The predicted octanol–water partition coefficient (Wildman–Crippen LogP) is 3.27. The predicted molar refractivity (Wildman–Crippen MR) is 91.8 cm³/mol. The van der Waals surface area contributed by atoms with Crippen LogP contribution in [0.25, 0.3) is 5.69 Å². The van der Waals surface area contributed by atoms with Crippen molar-refractivity contribution in [3.8, 4) is 5.69 Å². The van der Waals surface area contributed by atoms with Crippen molar-refractivity contribution in [1.29, 1.82) is 0 Å². The van der Waals surface area contributed by atoms with Gasteiger partial charge < -0.3 is 9.64 Å². The van der Waals surface area contributed by atoms with E-state index in [0.29, 0.717) is 5.56 Å². The van der Waals surface area contributed by atoms with E-state index in [1.165, 1.54) is 0 Å². The van der Waals surface area contributed by atoms with Gasteiger partial charge >= 0.3 is 0 Å². The van der Waals surface area contributed by atoms with Crippen LogP contribution >= 0.6 is 15.9 Å². The Labute approximate surface area is 144 Å². The van der Waals surface area contributed by atoms with Gasteiger partial charge in [0.2, 0.25) is 0 Å². The first-order valence-corrected chi connectivity index (χ1v) is 8.52. The van der Waals surface area contributed by atoms with E-state index < -0.39 is 0 Å². The van der Waals surface area contributed by atoms with Gasteiger partial charge in [-0.1, -0.05) is 6.07 Å². The molecule has 1 amide bonds. The SMILES string of the molecule is CO[C@@H]1CCN(C(=O)c2cccc(-n3cc(Br)cn3)c2)[C@@H](C)C1. The van der Waals surface area contributed by atoms with Gasteiger partial charge in [-0.25, -0.2) is 4.68 Å². The van der Waals surface area contributed by atoms with Crippen molar-refractivity contribution >= 4 is 21.8 Å². The maximum atomic E-state index is 12.8. The topological polar surface area (TPSA) is 47.4 Å². The zero-order valence-corrected chi connectivity index (χ0v) is 14.9. The summed E-state index contributed by atoms with van der Waals surface area (Å²) in [6.07, 6.45) is 5.62. The molecule has 1 saturated heterocycles. The number of likely N-dealkylation sites (tertiary alicyclic amines) is 1. The first-order valence-electron chi connectivity index (χ1n) is 7.73. The molecule has 0 N–H and O–H groups in total. The number of methoxy groups -OCH3 is 1. The number of nitrogens with zero attached hydrogens (tertiary/aromatic N) is 3. The maximum absolute atomic E-state index is 12.8. The monoisotopic (exact) mass is 377 g/mol. The molecule has 122 valence electrons. The molecule has 0 unspecified atom stereocenters. The zero-order valence-electron chi connectivity index (χ0n) is 13.3. The van der Waals surface area contributed by atoms with Crippen molar-refractivity contribution in [3.05, 3.63) is 46.7 Å². The third-order valence-corrected chi connectivity index (χ3v) is 4.74. The molecule has 0 aliphatic carbocycles. The van der Waals surface area contributed by atoms with Crippen LogP contribution in [0.3, 0.4) is 0 Å². The molecule has 5 nitrogen and oxygen atoms in total. The Bertz CT molecular complexity index is 701. The van der Waals surface area contributed by atoms with Gasteiger partial charge in [0.25, 0.3) is 5.91 Å². The van der Waals surface area contributed by atoms with Crippen molar-refractivity contribution in [1.82, 2.24) is 14.7 Å². The van der Waals surface area contributed by atoms with Crippen molar-refractivity contribution in [2.24, 2.45) is 0 Å². The van der Waals surface area contributed by atoms with E-state index in [1.807, 2.05) is 35.4 Å². The highest BCUT2D eigenvalue weighted by Gasteiger charge is 2.29. The second-order valence-corrected chi connectivity index (χ2v) is 6.80. The minimum atomic E-state index is 0.0696. The number of halogens is 1. The summed E-state index contributed by atoms with van der Waals surface area (Å²) >= 11 is 3.39. The van der Waals surface area contributed by atoms with E-state index >= 15 is 0 Å². The van der Waals surface area contributed by atoms with E-state index in [1.54, 1.807) is 18.0 Å². The molecule has 1 aromatic heterocycles. The number of aromatic nitrogens is 2. The summed E-state index contributed by atoms with van der Waals surface area (Å²) in [5, 5.41) is 4.26. The molecule has 1 fully saturated rings. The Morgan fingerprint density at radius 1 is 1.43 bits per heavy atom. The number of benzene rings is 1. The Balaban J connectivity index is 1.80. The van der Waals surface area contributed by atoms with E-state index in [4.69, 9.17) is 4.74 Å². The molecule has 23 heavy (non-hydrogen) atoms. The number of hydrogen-bond donors (Lipinski definition) is 0. The smallest absolute Gasteiger partial charge is 0.254 e. The van der Waals surface area contributed by atoms with E-state index in [9.17, 15) is 4.79 Å². The summed E-state index contributed by atoms with van der Waals surface area (Å²) in [6.45, 7) is 2.81. The Hall–Kier alpha value is -1.66. The Kier molecular flexibility index (Phi) is 4.82. The van der Waals surface area contributed by atoms with Crippen molar-refractivity contribution in [3.63, 3.8) is 0 Å². The molecule has 1 aliphatic heterocycles. The van der Waals surface area contributed by atoms with Crippen LogP contribution in [-0.4, -0.2) is 46.4 Å². The Morgan fingerprint density at radius 3 is 2.91 bits per heavy atom. The van der Waals surface area contributed by atoms with Crippen LogP contribution in [0.5, 0.6) is 0 Å². The highest BCUT2D eigenvalue weighted by molar-refractivity contribution is 9.10. The molecule has 3 rings (SSSR count). The molecule has 2 atom stereocenters. The van der Waals surface area contributed by atoms with Gasteiger partial charge in [-0.2, -0.15) is 5.10 Å². The van der Waals surface area contributed by atoms with Gasteiger partial charge in [-0.3, -0.25) is 4.79 Å². The second-order valence-electron chi connectivity index (χ2n) is 5.88. The van der Waals surface area contributed by atoms with E-state index in [-0.39, 0.29) is 18.1 Å². The minimum Gasteiger partial charge on any atom is -0.381 e. The fourth-order valence-corrected chi connectivity index (χ4v) is 3.32. The molecule has 0 saturated carbocycles. The summed E-state index contributed by atoms with van der Waals surface area (Å²) in [5.74, 6) is 0.0696. The molecule has 6 heteroatoms. The lowest BCUT2D eigenvalue weighted by Crippen LogP contribution is -2.46. The third kappa shape index (κ3) is 3.48. The highest BCUT2D eigenvalue weighted by Crippen LogP contribution is 2.22. The number of carbonyl (C=O) groups excluding carboxylic acids is 1. The maximum Gasteiger partial charge on any atom is 0.254 e. The summed E-state index contributed by atoms with van der Waals surface area (Å²) in [5.41, 5.74) is 1.57.